The first kappa shape index (κ1) is 11.6. The number of ether oxygens (including phenoxy) is 1. The van der Waals surface area contributed by atoms with E-state index in [4.69, 9.17) is 4.74 Å². The van der Waals surface area contributed by atoms with Gasteiger partial charge in [-0.2, -0.15) is 4.31 Å². The van der Waals surface area contributed by atoms with Crippen molar-refractivity contribution in [1.29, 1.82) is 0 Å². The third-order valence-corrected chi connectivity index (χ3v) is 4.54. The summed E-state index contributed by atoms with van der Waals surface area (Å²) in [5.74, 6) is 0.812. The van der Waals surface area contributed by atoms with Crippen LogP contribution in [-0.4, -0.2) is 44.0 Å². The molecule has 1 saturated heterocycles. The fourth-order valence-electron chi connectivity index (χ4n) is 1.63. The minimum absolute atomic E-state index is 0.245. The molecule has 1 fully saturated rings. The van der Waals surface area contributed by atoms with Gasteiger partial charge in [0.15, 0.2) is 6.20 Å². The first-order valence-corrected chi connectivity index (χ1v) is 6.59. The predicted molar refractivity (Wildman–Crippen MR) is 56.3 cm³/mol. The summed E-state index contributed by atoms with van der Waals surface area (Å²) in [6.07, 6.45) is 1.60. The van der Waals surface area contributed by atoms with E-state index in [1.54, 1.807) is 10.8 Å². The van der Waals surface area contributed by atoms with E-state index in [2.05, 4.69) is 4.98 Å². The van der Waals surface area contributed by atoms with Gasteiger partial charge in [-0.3, -0.25) is 0 Å². The second kappa shape index (κ2) is 4.15. The molecule has 1 aliphatic heterocycles. The van der Waals surface area contributed by atoms with E-state index < -0.39 is 10.0 Å². The molecule has 90 valence electrons. The molecule has 0 amide bonds. The monoisotopic (exact) mass is 246 g/mol. The van der Waals surface area contributed by atoms with Crippen molar-refractivity contribution in [3.8, 4) is 0 Å². The second-order valence-corrected chi connectivity index (χ2v) is 5.74. The third-order valence-electron chi connectivity index (χ3n) is 2.73. The van der Waals surface area contributed by atoms with Gasteiger partial charge in [0.05, 0.1) is 20.3 Å². The van der Waals surface area contributed by atoms with Crippen LogP contribution >= 0.6 is 0 Å². The van der Waals surface area contributed by atoms with E-state index in [9.17, 15) is 8.42 Å². The van der Waals surface area contributed by atoms with Gasteiger partial charge in [-0.15, -0.1) is 0 Å². The number of aromatic amines is 1. The number of nitrogens with one attached hydrogen (secondary N) is 1. The highest BCUT2D eigenvalue weighted by Crippen LogP contribution is 2.13. The van der Waals surface area contributed by atoms with Gasteiger partial charge in [-0.1, -0.05) is 0 Å². The van der Waals surface area contributed by atoms with Crippen molar-refractivity contribution in [2.75, 3.05) is 26.3 Å². The number of sulfonamides is 1. The fraction of sp³-hybridized carbons (Fsp3) is 0.667. The van der Waals surface area contributed by atoms with Crippen LogP contribution in [0.5, 0.6) is 0 Å². The number of H-pyrrole nitrogens is 1. The van der Waals surface area contributed by atoms with Crippen molar-refractivity contribution in [3.63, 3.8) is 0 Å². The zero-order valence-corrected chi connectivity index (χ0v) is 10.2. The maximum Gasteiger partial charge on any atom is 0.284 e. The van der Waals surface area contributed by atoms with Gasteiger partial charge in [0.25, 0.3) is 20.9 Å². The van der Waals surface area contributed by atoms with Crippen molar-refractivity contribution >= 4 is 10.0 Å². The highest BCUT2D eigenvalue weighted by molar-refractivity contribution is 7.89. The largest absolute Gasteiger partial charge is 0.379 e. The zero-order valence-electron chi connectivity index (χ0n) is 9.43. The first-order chi connectivity index (χ1) is 7.51. The van der Waals surface area contributed by atoms with Crippen LogP contribution in [0.15, 0.2) is 11.2 Å². The summed E-state index contributed by atoms with van der Waals surface area (Å²) in [6, 6.07) is 0. The topological polar surface area (TPSA) is 66.3 Å². The molecule has 2 heterocycles. The Morgan fingerprint density at radius 1 is 1.44 bits per heavy atom. The van der Waals surface area contributed by atoms with Gasteiger partial charge in [0.1, 0.15) is 0 Å². The normalized spacial score (nSPS) is 18.9. The minimum Gasteiger partial charge on any atom is -0.379 e. The second-order valence-electron chi connectivity index (χ2n) is 3.83. The molecule has 0 spiro atoms. The molecule has 0 bridgehead atoms. The van der Waals surface area contributed by atoms with Crippen LogP contribution < -0.4 is 4.57 Å². The Morgan fingerprint density at radius 3 is 2.56 bits per heavy atom. The molecule has 1 aliphatic rings. The summed E-state index contributed by atoms with van der Waals surface area (Å²) >= 11 is 0. The molecule has 0 radical (unpaired) electrons. The van der Waals surface area contributed by atoms with E-state index in [0.717, 1.165) is 5.82 Å². The third kappa shape index (κ3) is 1.98. The summed E-state index contributed by atoms with van der Waals surface area (Å²) < 4.78 is 32.7. The molecule has 2 rings (SSSR count). The van der Waals surface area contributed by atoms with Gasteiger partial charge in [0, 0.05) is 20.0 Å². The van der Waals surface area contributed by atoms with Crippen LogP contribution in [0.4, 0.5) is 0 Å². The lowest BCUT2D eigenvalue weighted by molar-refractivity contribution is -0.677. The molecule has 0 aliphatic carbocycles. The van der Waals surface area contributed by atoms with E-state index in [-0.39, 0.29) is 5.03 Å². The Labute approximate surface area is 94.9 Å². The lowest BCUT2D eigenvalue weighted by Crippen LogP contribution is -2.40. The molecule has 0 aromatic carbocycles. The molecule has 1 N–H and O–H groups in total. The molecule has 16 heavy (non-hydrogen) atoms. The lowest BCUT2D eigenvalue weighted by Gasteiger charge is -2.24. The van der Waals surface area contributed by atoms with E-state index in [0.29, 0.717) is 26.3 Å². The molecule has 0 unspecified atom stereocenters. The lowest BCUT2D eigenvalue weighted by atomic mass is 10.5. The standard InChI is InChI=1S/C9H15N3O3S/c1-8-10-9(7-11(8)2)16(13,14)12-3-5-15-6-4-12/h7H,3-6H2,1-2H3/p+1. The van der Waals surface area contributed by atoms with Crippen molar-refractivity contribution in [3.05, 3.63) is 12.0 Å². The Kier molecular flexibility index (Phi) is 3.00. The summed E-state index contributed by atoms with van der Waals surface area (Å²) in [7, 11) is -1.58. The fourth-order valence-corrected chi connectivity index (χ4v) is 3.10. The maximum absolute atomic E-state index is 12.2. The molecular formula is C9H16N3O3S+. The Hall–Kier alpha value is -0.920. The summed E-state index contributed by atoms with van der Waals surface area (Å²) in [6.45, 7) is 3.60. The van der Waals surface area contributed by atoms with E-state index in [1.165, 1.54) is 4.31 Å². The molecule has 1 aromatic rings. The van der Waals surface area contributed by atoms with Gasteiger partial charge < -0.3 is 4.74 Å². The Morgan fingerprint density at radius 2 is 2.06 bits per heavy atom. The zero-order chi connectivity index (χ0) is 11.8. The van der Waals surface area contributed by atoms with Crippen molar-refractivity contribution in [1.82, 2.24) is 9.29 Å². The number of nitrogens with zero attached hydrogens (tertiary/aromatic N) is 2. The quantitative estimate of drug-likeness (QED) is 0.693. The number of hydrogen-bond acceptors (Lipinski definition) is 3. The molecule has 7 heteroatoms. The van der Waals surface area contributed by atoms with E-state index in [1.807, 2.05) is 14.0 Å². The van der Waals surface area contributed by atoms with Crippen LogP contribution in [0.2, 0.25) is 0 Å². The molecule has 1 aromatic heterocycles. The SMILES string of the molecule is Cc1[nH]c(S(=O)(=O)N2CCOCC2)c[n+]1C. The van der Waals surface area contributed by atoms with Crippen molar-refractivity contribution in [2.45, 2.75) is 11.9 Å². The summed E-state index contributed by atoms with van der Waals surface area (Å²) in [4.78, 5) is 2.87. The van der Waals surface area contributed by atoms with Gasteiger partial charge >= 0.3 is 0 Å². The predicted octanol–water partition coefficient (Wildman–Crippen LogP) is -0.831. The number of rotatable bonds is 2. The summed E-state index contributed by atoms with van der Waals surface area (Å²) in [5, 5.41) is 0.245. The van der Waals surface area contributed by atoms with Gasteiger partial charge in [-0.25, -0.2) is 18.0 Å². The minimum atomic E-state index is -3.39. The number of imidazole rings is 1. The molecular weight excluding hydrogens is 230 g/mol. The highest BCUT2D eigenvalue weighted by atomic mass is 32.2. The molecule has 0 saturated carbocycles. The van der Waals surface area contributed by atoms with E-state index >= 15 is 0 Å². The smallest absolute Gasteiger partial charge is 0.284 e. The molecule has 6 nitrogen and oxygen atoms in total. The maximum atomic E-state index is 12.2. The number of aromatic nitrogens is 2. The average Bonchev–Trinajstić information content (AvgIpc) is 2.61. The van der Waals surface area contributed by atoms with Crippen LogP contribution in [0, 0.1) is 6.92 Å². The van der Waals surface area contributed by atoms with Crippen LogP contribution in [0.3, 0.4) is 0 Å². The summed E-state index contributed by atoms with van der Waals surface area (Å²) in [5.41, 5.74) is 0. The van der Waals surface area contributed by atoms with Gasteiger partial charge in [0.2, 0.25) is 0 Å². The molecule has 0 atom stereocenters. The van der Waals surface area contributed by atoms with Crippen LogP contribution in [-0.2, 0) is 21.8 Å². The number of hydrogen-bond donors (Lipinski definition) is 1. The number of aryl methyl sites for hydroxylation is 2. The van der Waals surface area contributed by atoms with Crippen molar-refractivity contribution < 1.29 is 17.7 Å². The first-order valence-electron chi connectivity index (χ1n) is 5.15. The van der Waals surface area contributed by atoms with Gasteiger partial charge in [-0.05, 0) is 0 Å². The Bertz CT molecular complexity index is 455. The highest BCUT2D eigenvalue weighted by Gasteiger charge is 2.31. The number of morpholine rings is 1. The van der Waals surface area contributed by atoms with Crippen LogP contribution in [0.1, 0.15) is 5.82 Å². The van der Waals surface area contributed by atoms with Crippen molar-refractivity contribution in [2.24, 2.45) is 7.05 Å². The Balaban J connectivity index is 2.30. The average molecular weight is 246 g/mol. The van der Waals surface area contributed by atoms with Crippen LogP contribution in [0.25, 0.3) is 0 Å².